The molecule has 0 saturated carbocycles. The SMILES string of the molecule is CN(C)c1ccc(-c2cc([N+](=O)[O-])oc2C(N)=O)cc1. The van der Waals surface area contributed by atoms with Crippen LogP contribution in [0.15, 0.2) is 34.7 Å². The molecule has 1 heterocycles. The van der Waals surface area contributed by atoms with Gasteiger partial charge in [-0.3, -0.25) is 14.9 Å². The van der Waals surface area contributed by atoms with Gasteiger partial charge in [-0.2, -0.15) is 0 Å². The standard InChI is InChI=1S/C13H13N3O4/c1-15(2)9-5-3-8(4-6-9)10-7-11(16(18)19)20-12(10)13(14)17/h3-7H,1-2H3,(H2,14,17). The Balaban J connectivity index is 2.50. The van der Waals surface area contributed by atoms with Gasteiger partial charge in [-0.15, -0.1) is 0 Å². The third kappa shape index (κ3) is 2.46. The minimum atomic E-state index is -0.843. The molecule has 1 amide bonds. The molecule has 0 aliphatic heterocycles. The van der Waals surface area contributed by atoms with Crippen LogP contribution in [0.2, 0.25) is 0 Å². The highest BCUT2D eigenvalue weighted by molar-refractivity contribution is 5.97. The number of primary amides is 1. The zero-order valence-corrected chi connectivity index (χ0v) is 11.0. The lowest BCUT2D eigenvalue weighted by atomic mass is 10.1. The molecule has 7 nitrogen and oxygen atoms in total. The molecule has 0 fully saturated rings. The molecule has 1 aromatic carbocycles. The molecule has 0 unspecified atom stereocenters. The van der Waals surface area contributed by atoms with Gasteiger partial charge in [0.05, 0.1) is 6.07 Å². The van der Waals surface area contributed by atoms with Crippen LogP contribution in [0, 0.1) is 10.1 Å². The number of nitrogens with two attached hydrogens (primary N) is 1. The smallest absolute Gasteiger partial charge is 0.395 e. The van der Waals surface area contributed by atoms with Gasteiger partial charge in [-0.1, -0.05) is 12.1 Å². The van der Waals surface area contributed by atoms with Gasteiger partial charge in [0.1, 0.15) is 4.92 Å². The fourth-order valence-corrected chi connectivity index (χ4v) is 1.80. The Morgan fingerprint density at radius 1 is 1.30 bits per heavy atom. The summed E-state index contributed by atoms with van der Waals surface area (Å²) in [6.45, 7) is 0. The van der Waals surface area contributed by atoms with E-state index in [-0.39, 0.29) is 5.76 Å². The van der Waals surface area contributed by atoms with Crippen LogP contribution < -0.4 is 10.6 Å². The minimum Gasteiger partial charge on any atom is -0.395 e. The number of benzene rings is 1. The van der Waals surface area contributed by atoms with Crippen molar-refractivity contribution in [1.82, 2.24) is 0 Å². The molecule has 20 heavy (non-hydrogen) atoms. The number of hydrogen-bond donors (Lipinski definition) is 1. The molecule has 104 valence electrons. The number of hydrogen-bond acceptors (Lipinski definition) is 5. The highest BCUT2D eigenvalue weighted by Crippen LogP contribution is 2.31. The molecule has 0 aliphatic carbocycles. The van der Waals surface area contributed by atoms with Crippen LogP contribution in [0.3, 0.4) is 0 Å². The van der Waals surface area contributed by atoms with Crippen molar-refractivity contribution in [1.29, 1.82) is 0 Å². The second-order valence-electron chi connectivity index (χ2n) is 4.39. The Bertz CT molecular complexity index is 659. The maximum atomic E-state index is 11.3. The molecule has 2 rings (SSSR count). The van der Waals surface area contributed by atoms with Crippen LogP contribution in [-0.4, -0.2) is 24.9 Å². The van der Waals surface area contributed by atoms with Gasteiger partial charge in [0.2, 0.25) is 5.76 Å². The summed E-state index contributed by atoms with van der Waals surface area (Å²) in [7, 11) is 3.79. The fraction of sp³-hybridized carbons (Fsp3) is 0.154. The van der Waals surface area contributed by atoms with Crippen LogP contribution in [0.4, 0.5) is 11.6 Å². The zero-order valence-electron chi connectivity index (χ0n) is 11.0. The van der Waals surface area contributed by atoms with E-state index in [0.29, 0.717) is 11.1 Å². The lowest BCUT2D eigenvalue weighted by Gasteiger charge is -2.12. The highest BCUT2D eigenvalue weighted by Gasteiger charge is 2.23. The number of carbonyl (C=O) groups excluding carboxylic acids is 1. The maximum Gasteiger partial charge on any atom is 0.434 e. The van der Waals surface area contributed by atoms with Crippen molar-refractivity contribution in [2.75, 3.05) is 19.0 Å². The van der Waals surface area contributed by atoms with E-state index in [1.165, 1.54) is 6.07 Å². The van der Waals surface area contributed by atoms with Gasteiger partial charge in [0.15, 0.2) is 0 Å². The van der Waals surface area contributed by atoms with E-state index in [1.807, 2.05) is 31.1 Å². The van der Waals surface area contributed by atoms with Gasteiger partial charge < -0.3 is 15.1 Å². The quantitative estimate of drug-likeness (QED) is 0.679. The van der Waals surface area contributed by atoms with Crippen molar-refractivity contribution in [3.05, 3.63) is 46.2 Å². The van der Waals surface area contributed by atoms with Gasteiger partial charge >= 0.3 is 5.88 Å². The number of anilines is 1. The predicted molar refractivity (Wildman–Crippen MR) is 73.6 cm³/mol. The van der Waals surface area contributed by atoms with Gasteiger partial charge in [0.25, 0.3) is 5.91 Å². The molecule has 0 bridgehead atoms. The van der Waals surface area contributed by atoms with E-state index < -0.39 is 16.7 Å². The van der Waals surface area contributed by atoms with Crippen LogP contribution >= 0.6 is 0 Å². The second kappa shape index (κ2) is 5.04. The van der Waals surface area contributed by atoms with E-state index in [9.17, 15) is 14.9 Å². The molecule has 0 saturated heterocycles. The molecule has 0 radical (unpaired) electrons. The highest BCUT2D eigenvalue weighted by atomic mass is 16.6. The molecule has 1 aromatic heterocycles. The summed E-state index contributed by atoms with van der Waals surface area (Å²) in [5.41, 5.74) is 7.09. The summed E-state index contributed by atoms with van der Waals surface area (Å²) in [5, 5.41) is 10.7. The lowest BCUT2D eigenvalue weighted by Crippen LogP contribution is -2.11. The molecular weight excluding hydrogens is 262 g/mol. The first kappa shape index (κ1) is 13.6. The Morgan fingerprint density at radius 2 is 1.90 bits per heavy atom. The molecule has 0 aliphatic rings. The van der Waals surface area contributed by atoms with E-state index in [2.05, 4.69) is 0 Å². The first-order valence-electron chi connectivity index (χ1n) is 5.76. The molecule has 0 atom stereocenters. The predicted octanol–water partition coefficient (Wildman–Crippen LogP) is 2.02. The summed E-state index contributed by atoms with van der Waals surface area (Å²) >= 11 is 0. The number of carbonyl (C=O) groups is 1. The van der Waals surface area contributed by atoms with E-state index in [4.69, 9.17) is 10.2 Å². The summed E-state index contributed by atoms with van der Waals surface area (Å²) in [6, 6.07) is 8.36. The number of amides is 1. The van der Waals surface area contributed by atoms with E-state index in [1.54, 1.807) is 12.1 Å². The second-order valence-corrected chi connectivity index (χ2v) is 4.39. The van der Waals surface area contributed by atoms with Crippen molar-refractivity contribution in [2.45, 2.75) is 0 Å². The summed E-state index contributed by atoms with van der Waals surface area (Å²) in [5.74, 6) is -1.57. The van der Waals surface area contributed by atoms with Crippen LogP contribution in [0.25, 0.3) is 11.1 Å². The molecule has 0 spiro atoms. The monoisotopic (exact) mass is 275 g/mol. The largest absolute Gasteiger partial charge is 0.434 e. The summed E-state index contributed by atoms with van der Waals surface area (Å²) in [6.07, 6.45) is 0. The van der Waals surface area contributed by atoms with Crippen molar-refractivity contribution in [3.8, 4) is 11.1 Å². The first-order valence-corrected chi connectivity index (χ1v) is 5.76. The third-order valence-electron chi connectivity index (χ3n) is 2.82. The van der Waals surface area contributed by atoms with Gasteiger partial charge in [-0.05, 0) is 17.7 Å². The van der Waals surface area contributed by atoms with E-state index >= 15 is 0 Å². The average Bonchev–Trinajstić information content (AvgIpc) is 2.84. The van der Waals surface area contributed by atoms with Gasteiger partial charge in [-0.25, -0.2) is 0 Å². The normalized spacial score (nSPS) is 10.3. The van der Waals surface area contributed by atoms with Crippen LogP contribution in [-0.2, 0) is 0 Å². The van der Waals surface area contributed by atoms with Crippen LogP contribution in [0.1, 0.15) is 10.6 Å². The zero-order chi connectivity index (χ0) is 14.9. The summed E-state index contributed by atoms with van der Waals surface area (Å²) < 4.78 is 4.89. The molecule has 7 heteroatoms. The number of rotatable bonds is 4. The number of nitro groups is 1. The Hall–Kier alpha value is -2.83. The van der Waals surface area contributed by atoms with E-state index in [0.717, 1.165) is 5.69 Å². The maximum absolute atomic E-state index is 11.3. The van der Waals surface area contributed by atoms with Gasteiger partial charge in [0, 0.05) is 25.3 Å². The molecule has 2 N–H and O–H groups in total. The Labute approximate surface area is 114 Å². The fourth-order valence-electron chi connectivity index (χ4n) is 1.80. The lowest BCUT2D eigenvalue weighted by molar-refractivity contribution is -0.402. The average molecular weight is 275 g/mol. The molecular formula is C13H13N3O4. The Morgan fingerprint density at radius 3 is 2.35 bits per heavy atom. The summed E-state index contributed by atoms with van der Waals surface area (Å²) in [4.78, 5) is 23.2. The third-order valence-corrected chi connectivity index (χ3v) is 2.82. The van der Waals surface area contributed by atoms with Crippen molar-refractivity contribution < 1.29 is 14.1 Å². The minimum absolute atomic E-state index is 0.214. The van der Waals surface area contributed by atoms with Crippen molar-refractivity contribution >= 4 is 17.5 Å². The first-order chi connectivity index (χ1) is 9.40. The van der Waals surface area contributed by atoms with Crippen LogP contribution in [0.5, 0.6) is 0 Å². The van der Waals surface area contributed by atoms with Crippen molar-refractivity contribution in [2.24, 2.45) is 5.73 Å². The Kier molecular flexibility index (Phi) is 3.43. The topological polar surface area (TPSA) is 103 Å². The van der Waals surface area contributed by atoms with Crippen molar-refractivity contribution in [3.63, 3.8) is 0 Å². The number of furan rings is 1. The molecule has 2 aromatic rings. The number of nitrogens with zero attached hydrogens (tertiary/aromatic N) is 2.